The number of nitrogen functional groups attached to an aromatic ring is 1. The molecular weight excluding hydrogens is 594 g/mol. The number of pyridine rings is 1. The molecule has 2 amide bonds. The minimum atomic E-state index is -0.138. The smallest absolute Gasteiger partial charge is 0.237 e. The highest BCUT2D eigenvalue weighted by molar-refractivity contribution is 6.13. The molecule has 0 saturated carbocycles. The van der Waals surface area contributed by atoms with Gasteiger partial charge in [-0.25, -0.2) is 9.98 Å². The van der Waals surface area contributed by atoms with Gasteiger partial charge in [-0.3, -0.25) is 34.8 Å². The first-order valence-corrected chi connectivity index (χ1v) is 15.7. The van der Waals surface area contributed by atoms with Crippen LogP contribution in [0.4, 0.5) is 11.5 Å². The van der Waals surface area contributed by atoms with Crippen LogP contribution in [0.1, 0.15) is 49.9 Å². The molecule has 2 aromatic rings. The van der Waals surface area contributed by atoms with E-state index in [0.717, 1.165) is 24.0 Å². The van der Waals surface area contributed by atoms with E-state index in [-0.39, 0.29) is 47.6 Å². The Morgan fingerprint density at radius 3 is 2.43 bits per heavy atom. The Morgan fingerprint density at radius 2 is 1.81 bits per heavy atom. The molecule has 1 aromatic heterocycles. The van der Waals surface area contributed by atoms with Crippen LogP contribution in [0.15, 0.2) is 69.2 Å². The van der Waals surface area contributed by atoms with Gasteiger partial charge in [0.25, 0.3) is 0 Å². The van der Waals surface area contributed by atoms with Gasteiger partial charge in [0.1, 0.15) is 29.4 Å². The van der Waals surface area contributed by atoms with Gasteiger partial charge in [0.05, 0.1) is 17.9 Å². The number of carbonyl (C=O) groups excluding carboxylic acids is 2. The summed E-state index contributed by atoms with van der Waals surface area (Å²) in [4.78, 5) is 48.4. The molecule has 0 spiro atoms. The van der Waals surface area contributed by atoms with E-state index in [9.17, 15) is 9.59 Å². The number of amides is 2. The SMILES string of the molecule is CCCN(CCC(=O)N(CC)c1ccc(N)c(C(=N)C(N)=CC=NC)n1)CC(=O)N1CC=C(c2ccc(C(N)=NC=NC)cc2)CC1. The monoisotopic (exact) mass is 641 g/mol. The summed E-state index contributed by atoms with van der Waals surface area (Å²) in [5.41, 5.74) is 21.8. The number of hydrogen-bond acceptors (Lipinski definition) is 9. The maximum absolute atomic E-state index is 13.4. The summed E-state index contributed by atoms with van der Waals surface area (Å²) in [6.07, 6.45) is 8.30. The van der Waals surface area contributed by atoms with E-state index in [0.29, 0.717) is 44.4 Å². The molecule has 3 rings (SSSR count). The van der Waals surface area contributed by atoms with Gasteiger partial charge >= 0.3 is 0 Å². The minimum absolute atomic E-state index is 0.0348. The number of nitrogens with zero attached hydrogens (tertiary/aromatic N) is 7. The number of nitrogens with two attached hydrogens (primary N) is 3. The number of benzene rings is 1. The second-order valence-electron chi connectivity index (χ2n) is 11.0. The third kappa shape index (κ3) is 10.2. The van der Waals surface area contributed by atoms with Crippen molar-refractivity contribution in [3.8, 4) is 0 Å². The highest BCUT2D eigenvalue weighted by Gasteiger charge is 2.23. The number of nitrogens with one attached hydrogen (secondary N) is 1. The van der Waals surface area contributed by atoms with Gasteiger partial charge in [0.2, 0.25) is 11.8 Å². The van der Waals surface area contributed by atoms with Crippen molar-refractivity contribution in [3.05, 3.63) is 71.1 Å². The zero-order valence-electron chi connectivity index (χ0n) is 27.8. The van der Waals surface area contributed by atoms with E-state index in [4.69, 9.17) is 22.6 Å². The maximum atomic E-state index is 13.4. The van der Waals surface area contributed by atoms with Crippen LogP contribution in [0.2, 0.25) is 0 Å². The fourth-order valence-corrected chi connectivity index (χ4v) is 5.12. The number of anilines is 2. The summed E-state index contributed by atoms with van der Waals surface area (Å²) < 4.78 is 0. The van der Waals surface area contributed by atoms with Crippen LogP contribution in [0.5, 0.6) is 0 Å². The summed E-state index contributed by atoms with van der Waals surface area (Å²) in [5, 5.41) is 8.43. The maximum Gasteiger partial charge on any atom is 0.237 e. The summed E-state index contributed by atoms with van der Waals surface area (Å²) in [5.74, 6) is 0.685. The quantitative estimate of drug-likeness (QED) is 0.169. The summed E-state index contributed by atoms with van der Waals surface area (Å²) >= 11 is 0. The molecule has 1 aliphatic rings. The van der Waals surface area contributed by atoms with Crippen molar-refractivity contribution >= 4 is 53.0 Å². The fourth-order valence-electron chi connectivity index (χ4n) is 5.12. The Kier molecular flexibility index (Phi) is 14.0. The molecule has 13 nitrogen and oxygen atoms in total. The standard InChI is InChI=1S/C34H47N11O2/c1-5-18-43(19-16-30(46)45(6-2)29-12-11-28(36)33(42-29)32(37)27(35)13-17-39-3)22-31(47)44-20-14-25(15-21-44)24-7-9-26(10-8-24)34(38)41-23-40-4/h7-14,17,23,37H,5-6,15-16,18-22,35-36H2,1-4H3,(H2,38,40,41). The Bertz CT molecular complexity index is 1560. The Morgan fingerprint density at radius 1 is 1.06 bits per heavy atom. The van der Waals surface area contributed by atoms with Crippen LogP contribution in [0.3, 0.4) is 0 Å². The molecule has 0 atom stereocenters. The predicted molar refractivity (Wildman–Crippen MR) is 192 cm³/mol. The second-order valence-corrected chi connectivity index (χ2v) is 11.0. The molecule has 1 aromatic carbocycles. The number of rotatable bonds is 15. The number of aliphatic imine (C=N–C) groups is 3. The van der Waals surface area contributed by atoms with Gasteiger partial charge in [-0.15, -0.1) is 0 Å². The number of amidine groups is 1. The first-order valence-electron chi connectivity index (χ1n) is 15.7. The number of hydrogen-bond donors (Lipinski definition) is 4. The molecule has 0 radical (unpaired) electrons. The molecule has 1 aliphatic heterocycles. The van der Waals surface area contributed by atoms with Gasteiger partial charge < -0.3 is 22.1 Å². The van der Waals surface area contributed by atoms with Crippen LogP contribution in [0.25, 0.3) is 5.57 Å². The zero-order chi connectivity index (χ0) is 34.3. The average molecular weight is 642 g/mol. The van der Waals surface area contributed by atoms with Crippen molar-refractivity contribution in [1.29, 1.82) is 5.41 Å². The highest BCUT2D eigenvalue weighted by Crippen LogP contribution is 2.23. The van der Waals surface area contributed by atoms with E-state index in [2.05, 4.69) is 33.0 Å². The minimum Gasteiger partial charge on any atom is -0.397 e. The number of allylic oxidation sites excluding steroid dienone is 2. The van der Waals surface area contributed by atoms with Crippen LogP contribution in [0, 0.1) is 5.41 Å². The van der Waals surface area contributed by atoms with Crippen molar-refractivity contribution in [3.63, 3.8) is 0 Å². The molecule has 0 saturated heterocycles. The Labute approximate surface area is 277 Å². The first-order chi connectivity index (χ1) is 22.6. The molecule has 7 N–H and O–H groups in total. The van der Waals surface area contributed by atoms with E-state index < -0.39 is 0 Å². The van der Waals surface area contributed by atoms with Crippen LogP contribution < -0.4 is 22.1 Å². The lowest BCUT2D eigenvalue weighted by atomic mass is 9.98. The Hall–Kier alpha value is -5.17. The third-order valence-electron chi connectivity index (χ3n) is 7.70. The van der Waals surface area contributed by atoms with Crippen molar-refractivity contribution in [2.24, 2.45) is 26.4 Å². The van der Waals surface area contributed by atoms with Gasteiger partial charge in [0, 0.05) is 58.5 Å². The van der Waals surface area contributed by atoms with Gasteiger partial charge in [-0.05, 0) is 55.7 Å². The van der Waals surface area contributed by atoms with E-state index >= 15 is 0 Å². The molecule has 0 unspecified atom stereocenters. The molecule has 0 bridgehead atoms. The van der Waals surface area contributed by atoms with Crippen molar-refractivity contribution in [2.75, 3.05) is 64.0 Å². The molecule has 250 valence electrons. The van der Waals surface area contributed by atoms with Gasteiger partial charge in [-0.2, -0.15) is 0 Å². The first kappa shape index (κ1) is 36.3. The lowest BCUT2D eigenvalue weighted by Gasteiger charge is -2.30. The second kappa shape index (κ2) is 18.1. The lowest BCUT2D eigenvalue weighted by molar-refractivity contribution is -0.132. The number of aromatic nitrogens is 1. The van der Waals surface area contributed by atoms with Crippen molar-refractivity contribution in [1.82, 2.24) is 14.8 Å². The topological polar surface area (TPSA) is 196 Å². The Balaban J connectivity index is 1.61. The van der Waals surface area contributed by atoms with E-state index in [1.165, 1.54) is 24.2 Å². The van der Waals surface area contributed by atoms with Gasteiger partial charge in [-0.1, -0.05) is 37.3 Å². The van der Waals surface area contributed by atoms with E-state index in [1.54, 1.807) is 31.1 Å². The normalized spacial score (nSPS) is 14.2. The lowest BCUT2D eigenvalue weighted by Crippen LogP contribution is -2.43. The summed E-state index contributed by atoms with van der Waals surface area (Å²) in [6.45, 7) is 6.79. The van der Waals surface area contributed by atoms with Crippen LogP contribution in [-0.4, -0.2) is 104 Å². The third-order valence-corrected chi connectivity index (χ3v) is 7.70. The van der Waals surface area contributed by atoms with Crippen molar-refractivity contribution < 1.29 is 9.59 Å². The van der Waals surface area contributed by atoms with Crippen LogP contribution >= 0.6 is 0 Å². The molecule has 0 aliphatic carbocycles. The average Bonchev–Trinajstić information content (AvgIpc) is 3.09. The van der Waals surface area contributed by atoms with E-state index in [1.807, 2.05) is 41.0 Å². The van der Waals surface area contributed by atoms with Crippen LogP contribution in [-0.2, 0) is 9.59 Å². The molecule has 13 heteroatoms. The summed E-state index contributed by atoms with van der Waals surface area (Å²) in [6, 6.07) is 11.2. The zero-order valence-corrected chi connectivity index (χ0v) is 27.8. The largest absolute Gasteiger partial charge is 0.397 e. The predicted octanol–water partition coefficient (Wildman–Crippen LogP) is 2.71. The number of carbonyl (C=O) groups is 2. The molecule has 2 heterocycles. The molecule has 47 heavy (non-hydrogen) atoms. The molecule has 0 fully saturated rings. The fraction of sp³-hybridized carbons (Fsp3) is 0.382. The summed E-state index contributed by atoms with van der Waals surface area (Å²) in [7, 11) is 3.24. The highest BCUT2D eigenvalue weighted by atomic mass is 16.2. The molecular formula is C34H47N11O2. The van der Waals surface area contributed by atoms with Gasteiger partial charge in [0.15, 0.2) is 0 Å². The van der Waals surface area contributed by atoms with Crippen molar-refractivity contribution in [2.45, 2.75) is 33.1 Å².